The summed E-state index contributed by atoms with van der Waals surface area (Å²) in [5.41, 5.74) is 5.46. The summed E-state index contributed by atoms with van der Waals surface area (Å²) in [6.07, 6.45) is 4.58. The van der Waals surface area contributed by atoms with Crippen LogP contribution in [0.5, 0.6) is 0 Å². The van der Waals surface area contributed by atoms with E-state index in [2.05, 4.69) is 24.1 Å². The van der Waals surface area contributed by atoms with Crippen molar-refractivity contribution in [2.24, 2.45) is 11.1 Å². The highest BCUT2D eigenvalue weighted by Crippen LogP contribution is 2.37. The summed E-state index contributed by atoms with van der Waals surface area (Å²) in [5, 5.41) is 3.23. The molecule has 4 heteroatoms. The third-order valence-electron chi connectivity index (χ3n) is 5.06. The van der Waals surface area contributed by atoms with Crippen molar-refractivity contribution in [2.75, 3.05) is 26.2 Å². The Morgan fingerprint density at radius 2 is 2.00 bits per heavy atom. The molecule has 3 N–H and O–H groups in total. The summed E-state index contributed by atoms with van der Waals surface area (Å²) in [6, 6.07) is 0. The number of amides is 1. The number of hydrogen-bond donors (Lipinski definition) is 2. The van der Waals surface area contributed by atoms with Crippen molar-refractivity contribution in [2.45, 2.75) is 58.9 Å². The number of likely N-dealkylation sites (N-methyl/N-ethyl adjacent to an activating group) is 1. The van der Waals surface area contributed by atoms with Crippen molar-refractivity contribution in [1.29, 1.82) is 0 Å². The van der Waals surface area contributed by atoms with Gasteiger partial charge in [-0.15, -0.1) is 0 Å². The molecule has 1 atom stereocenters. The molecule has 1 unspecified atom stereocenters. The quantitative estimate of drug-likeness (QED) is 0.706. The Labute approximate surface area is 118 Å². The summed E-state index contributed by atoms with van der Waals surface area (Å²) < 4.78 is 0. The molecule has 0 bridgehead atoms. The lowest BCUT2D eigenvalue weighted by Crippen LogP contribution is -2.54. The zero-order valence-corrected chi connectivity index (χ0v) is 13.1. The fourth-order valence-electron chi connectivity index (χ4n) is 3.12. The van der Waals surface area contributed by atoms with E-state index in [9.17, 15) is 4.79 Å². The van der Waals surface area contributed by atoms with Gasteiger partial charge in [0.25, 0.3) is 0 Å². The predicted octanol–water partition coefficient (Wildman–Crippen LogP) is 1.74. The number of nitrogens with one attached hydrogen (secondary N) is 1. The minimum atomic E-state index is -0.571. The van der Waals surface area contributed by atoms with E-state index < -0.39 is 5.54 Å². The van der Waals surface area contributed by atoms with Gasteiger partial charge in [-0.1, -0.05) is 20.8 Å². The molecule has 0 radical (unpaired) electrons. The van der Waals surface area contributed by atoms with Crippen LogP contribution in [0.15, 0.2) is 0 Å². The van der Waals surface area contributed by atoms with Gasteiger partial charge in [-0.05, 0) is 51.1 Å². The summed E-state index contributed by atoms with van der Waals surface area (Å²) >= 11 is 0. The van der Waals surface area contributed by atoms with Gasteiger partial charge in [0.15, 0.2) is 0 Å². The second kappa shape index (κ2) is 6.71. The lowest BCUT2D eigenvalue weighted by Gasteiger charge is -2.30. The number of rotatable bonds is 8. The smallest absolute Gasteiger partial charge is 0.237 e. The SMILES string of the molecule is CCNC(C)(CCN1CCC(CC)(CC)C1)C(N)=O. The number of primary amides is 1. The van der Waals surface area contributed by atoms with E-state index >= 15 is 0 Å². The van der Waals surface area contributed by atoms with Gasteiger partial charge in [0.2, 0.25) is 5.91 Å². The van der Waals surface area contributed by atoms with E-state index in [4.69, 9.17) is 5.73 Å². The van der Waals surface area contributed by atoms with E-state index in [1.54, 1.807) is 0 Å². The monoisotopic (exact) mass is 269 g/mol. The molecule has 1 aliphatic heterocycles. The Hall–Kier alpha value is -0.610. The molecule has 0 spiro atoms. The predicted molar refractivity (Wildman–Crippen MR) is 80.0 cm³/mol. The number of carbonyl (C=O) groups is 1. The molecule has 1 fully saturated rings. The maximum absolute atomic E-state index is 11.6. The van der Waals surface area contributed by atoms with Gasteiger partial charge >= 0.3 is 0 Å². The normalized spacial score (nSPS) is 22.3. The van der Waals surface area contributed by atoms with Crippen molar-refractivity contribution >= 4 is 5.91 Å². The van der Waals surface area contributed by atoms with E-state index in [1.807, 2.05) is 13.8 Å². The van der Waals surface area contributed by atoms with Crippen LogP contribution in [0.2, 0.25) is 0 Å². The third kappa shape index (κ3) is 3.93. The molecule has 4 nitrogen and oxygen atoms in total. The van der Waals surface area contributed by atoms with Crippen LogP contribution in [-0.4, -0.2) is 42.5 Å². The third-order valence-corrected chi connectivity index (χ3v) is 5.06. The van der Waals surface area contributed by atoms with Crippen molar-refractivity contribution in [1.82, 2.24) is 10.2 Å². The summed E-state index contributed by atoms with van der Waals surface area (Å²) in [4.78, 5) is 14.1. The van der Waals surface area contributed by atoms with Crippen LogP contribution >= 0.6 is 0 Å². The van der Waals surface area contributed by atoms with Crippen LogP contribution in [0.3, 0.4) is 0 Å². The van der Waals surface area contributed by atoms with Gasteiger partial charge in [-0.25, -0.2) is 0 Å². The topological polar surface area (TPSA) is 58.4 Å². The van der Waals surface area contributed by atoms with Gasteiger partial charge in [-0.2, -0.15) is 0 Å². The second-order valence-corrected chi connectivity index (χ2v) is 6.21. The van der Waals surface area contributed by atoms with Gasteiger partial charge < -0.3 is 16.0 Å². The standard InChI is InChI=1S/C15H31N3O/c1-5-15(6-2)9-11-18(12-15)10-8-14(4,13(16)19)17-7-3/h17H,5-12H2,1-4H3,(H2,16,19). The highest BCUT2D eigenvalue weighted by atomic mass is 16.1. The van der Waals surface area contributed by atoms with E-state index in [0.717, 1.165) is 26.1 Å². The average Bonchev–Trinajstić information content (AvgIpc) is 2.81. The molecule has 0 saturated carbocycles. The van der Waals surface area contributed by atoms with Crippen LogP contribution in [0, 0.1) is 5.41 Å². The maximum atomic E-state index is 11.6. The molecule has 19 heavy (non-hydrogen) atoms. The first kappa shape index (κ1) is 16.4. The molecule has 112 valence electrons. The van der Waals surface area contributed by atoms with Crippen LogP contribution in [-0.2, 0) is 4.79 Å². The van der Waals surface area contributed by atoms with Crippen molar-refractivity contribution in [3.8, 4) is 0 Å². The first-order chi connectivity index (χ1) is 8.91. The molecule has 1 aliphatic rings. The van der Waals surface area contributed by atoms with Crippen LogP contribution in [0.25, 0.3) is 0 Å². The summed E-state index contributed by atoms with van der Waals surface area (Å²) in [5.74, 6) is -0.245. The zero-order chi connectivity index (χ0) is 14.5. The van der Waals surface area contributed by atoms with Crippen LogP contribution < -0.4 is 11.1 Å². The molecule has 1 heterocycles. The molecule has 1 amide bonds. The van der Waals surface area contributed by atoms with Gasteiger partial charge in [0.1, 0.15) is 0 Å². The fraction of sp³-hybridized carbons (Fsp3) is 0.933. The largest absolute Gasteiger partial charge is 0.368 e. The number of nitrogens with zero attached hydrogens (tertiary/aromatic N) is 1. The molecule has 1 rings (SSSR count). The minimum Gasteiger partial charge on any atom is -0.368 e. The maximum Gasteiger partial charge on any atom is 0.237 e. The Bertz CT molecular complexity index is 302. The first-order valence-electron chi connectivity index (χ1n) is 7.68. The lowest BCUT2D eigenvalue weighted by molar-refractivity contribution is -0.124. The highest BCUT2D eigenvalue weighted by Gasteiger charge is 2.36. The van der Waals surface area contributed by atoms with Crippen molar-refractivity contribution < 1.29 is 4.79 Å². The Balaban J connectivity index is 2.51. The Morgan fingerprint density at radius 1 is 1.37 bits per heavy atom. The number of likely N-dealkylation sites (tertiary alicyclic amines) is 1. The van der Waals surface area contributed by atoms with Crippen LogP contribution in [0.4, 0.5) is 0 Å². The molecule has 1 saturated heterocycles. The highest BCUT2D eigenvalue weighted by molar-refractivity contribution is 5.84. The molecule has 0 aromatic rings. The zero-order valence-electron chi connectivity index (χ0n) is 13.1. The minimum absolute atomic E-state index is 0.245. The number of hydrogen-bond acceptors (Lipinski definition) is 3. The van der Waals surface area contributed by atoms with E-state index in [0.29, 0.717) is 5.41 Å². The van der Waals surface area contributed by atoms with Gasteiger partial charge in [-0.3, -0.25) is 4.79 Å². The number of carbonyl (C=O) groups excluding carboxylic acids is 1. The number of nitrogens with two attached hydrogens (primary N) is 1. The summed E-state index contributed by atoms with van der Waals surface area (Å²) in [6.45, 7) is 12.6. The molecular formula is C15H31N3O. The lowest BCUT2D eigenvalue weighted by atomic mass is 9.82. The van der Waals surface area contributed by atoms with Crippen molar-refractivity contribution in [3.63, 3.8) is 0 Å². The molecule has 0 aromatic carbocycles. The van der Waals surface area contributed by atoms with Crippen molar-refractivity contribution in [3.05, 3.63) is 0 Å². The Morgan fingerprint density at radius 3 is 2.42 bits per heavy atom. The molecular weight excluding hydrogens is 238 g/mol. The van der Waals surface area contributed by atoms with Gasteiger partial charge in [0, 0.05) is 13.1 Å². The fourth-order valence-corrected chi connectivity index (χ4v) is 3.12. The molecule has 0 aliphatic carbocycles. The van der Waals surface area contributed by atoms with Crippen LogP contribution in [0.1, 0.15) is 53.4 Å². The van der Waals surface area contributed by atoms with Gasteiger partial charge in [0.05, 0.1) is 5.54 Å². The summed E-state index contributed by atoms with van der Waals surface area (Å²) in [7, 11) is 0. The molecule has 0 aromatic heterocycles. The Kier molecular flexibility index (Phi) is 5.81. The average molecular weight is 269 g/mol. The van der Waals surface area contributed by atoms with E-state index in [1.165, 1.54) is 25.8 Å². The first-order valence-corrected chi connectivity index (χ1v) is 7.68. The second-order valence-electron chi connectivity index (χ2n) is 6.21. The van der Waals surface area contributed by atoms with E-state index in [-0.39, 0.29) is 5.91 Å².